The van der Waals surface area contributed by atoms with Crippen LogP contribution in [0.1, 0.15) is 91.9 Å². The van der Waals surface area contributed by atoms with Gasteiger partial charge in [-0.25, -0.2) is 5.48 Å². The second-order valence-electron chi connectivity index (χ2n) is 12.2. The fourth-order valence-electron chi connectivity index (χ4n) is 9.55. The molecular formula is C26H45NO4. The minimum absolute atomic E-state index is 0.197. The van der Waals surface area contributed by atoms with Crippen molar-refractivity contribution in [3.63, 3.8) is 0 Å². The molecule has 4 rings (SSSR count). The first-order valence-corrected chi connectivity index (χ1v) is 13.0. The number of hydrogen-bond acceptors (Lipinski definition) is 4. The largest absolute Gasteiger partial charge is 0.393 e. The third-order valence-corrected chi connectivity index (χ3v) is 11.1. The second kappa shape index (κ2) is 8.61. The van der Waals surface area contributed by atoms with E-state index < -0.39 is 0 Å². The van der Waals surface area contributed by atoms with Gasteiger partial charge in [-0.3, -0.25) is 10.0 Å². The molecule has 4 saturated carbocycles. The monoisotopic (exact) mass is 435 g/mol. The molecule has 4 fully saturated rings. The van der Waals surface area contributed by atoms with Gasteiger partial charge in [0.05, 0.1) is 12.2 Å². The molecule has 4 aliphatic carbocycles. The van der Waals surface area contributed by atoms with Crippen molar-refractivity contribution in [3.8, 4) is 0 Å². The molecule has 4 unspecified atom stereocenters. The average molecular weight is 436 g/mol. The molecule has 0 radical (unpaired) electrons. The number of fused-ring (bicyclic) bond motifs is 5. The predicted molar refractivity (Wildman–Crippen MR) is 120 cm³/mol. The molecule has 4 N–H and O–H groups in total. The molecule has 0 aromatic heterocycles. The topological polar surface area (TPSA) is 89.8 Å². The van der Waals surface area contributed by atoms with E-state index in [-0.39, 0.29) is 28.9 Å². The van der Waals surface area contributed by atoms with Crippen molar-refractivity contribution in [1.82, 2.24) is 5.48 Å². The number of carbonyl (C=O) groups is 1. The van der Waals surface area contributed by atoms with E-state index in [1.807, 2.05) is 0 Å². The van der Waals surface area contributed by atoms with E-state index >= 15 is 0 Å². The number of amides is 1. The Morgan fingerprint density at radius 3 is 2.39 bits per heavy atom. The highest BCUT2D eigenvalue weighted by molar-refractivity contribution is 5.74. The van der Waals surface area contributed by atoms with Gasteiger partial charge in [0.15, 0.2) is 0 Å². The lowest BCUT2D eigenvalue weighted by Crippen LogP contribution is -2.62. The van der Waals surface area contributed by atoms with Gasteiger partial charge in [-0.05, 0) is 104 Å². The van der Waals surface area contributed by atoms with Crippen molar-refractivity contribution in [2.45, 2.75) is 104 Å². The first-order valence-electron chi connectivity index (χ1n) is 13.0. The molecule has 0 bridgehead atoms. The molecule has 31 heavy (non-hydrogen) atoms. The van der Waals surface area contributed by atoms with Gasteiger partial charge in [0, 0.05) is 6.42 Å². The smallest absolute Gasteiger partial charge is 0.243 e. The van der Waals surface area contributed by atoms with E-state index in [0.717, 1.165) is 32.1 Å². The maximum atomic E-state index is 11.7. The van der Waals surface area contributed by atoms with E-state index in [2.05, 4.69) is 27.7 Å². The number of aliphatic hydroxyl groups excluding tert-OH is 2. The average Bonchev–Trinajstić information content (AvgIpc) is 3.10. The van der Waals surface area contributed by atoms with E-state index in [4.69, 9.17) is 5.21 Å². The SMILES string of the molecule is CC[C@H]1[C@@H](O)C2C3CCC([C@H](C)CCC(=O)NO)[C@@]3(C)CCC2[C@@]2(C)CC[C@@H](O)C[C@@H]12. The minimum Gasteiger partial charge on any atom is -0.393 e. The van der Waals surface area contributed by atoms with Crippen LogP contribution >= 0.6 is 0 Å². The highest BCUT2D eigenvalue weighted by Crippen LogP contribution is 2.69. The van der Waals surface area contributed by atoms with Gasteiger partial charge in [-0.1, -0.05) is 34.1 Å². The normalized spacial score (nSPS) is 50.2. The van der Waals surface area contributed by atoms with Crippen molar-refractivity contribution in [2.75, 3.05) is 0 Å². The Bertz CT molecular complexity index is 670. The molecule has 0 spiro atoms. The van der Waals surface area contributed by atoms with Gasteiger partial charge >= 0.3 is 0 Å². The fourth-order valence-corrected chi connectivity index (χ4v) is 9.55. The van der Waals surface area contributed by atoms with Gasteiger partial charge in [-0.2, -0.15) is 0 Å². The van der Waals surface area contributed by atoms with Crippen molar-refractivity contribution in [3.05, 3.63) is 0 Å². The Morgan fingerprint density at radius 2 is 1.71 bits per heavy atom. The van der Waals surface area contributed by atoms with Gasteiger partial charge in [0.25, 0.3) is 0 Å². The summed E-state index contributed by atoms with van der Waals surface area (Å²) in [6.07, 6.45) is 9.40. The van der Waals surface area contributed by atoms with E-state index in [9.17, 15) is 15.0 Å². The Labute approximate surface area is 188 Å². The maximum Gasteiger partial charge on any atom is 0.243 e. The molecule has 0 aromatic carbocycles. The van der Waals surface area contributed by atoms with Gasteiger partial charge < -0.3 is 10.2 Å². The van der Waals surface area contributed by atoms with E-state index in [1.165, 1.54) is 25.7 Å². The van der Waals surface area contributed by atoms with E-state index in [0.29, 0.717) is 47.8 Å². The zero-order valence-corrected chi connectivity index (χ0v) is 20.0. The van der Waals surface area contributed by atoms with Gasteiger partial charge in [-0.15, -0.1) is 0 Å². The van der Waals surface area contributed by atoms with E-state index in [1.54, 1.807) is 5.48 Å². The lowest BCUT2D eigenvalue weighted by molar-refractivity contribution is -0.203. The Balaban J connectivity index is 1.58. The maximum absolute atomic E-state index is 11.7. The van der Waals surface area contributed by atoms with Crippen LogP contribution in [0, 0.1) is 52.3 Å². The Morgan fingerprint density at radius 1 is 1.03 bits per heavy atom. The molecular weight excluding hydrogens is 390 g/mol. The fraction of sp³-hybridized carbons (Fsp3) is 0.962. The van der Waals surface area contributed by atoms with Crippen LogP contribution < -0.4 is 5.48 Å². The summed E-state index contributed by atoms with van der Waals surface area (Å²) < 4.78 is 0. The molecule has 0 aromatic rings. The summed E-state index contributed by atoms with van der Waals surface area (Å²) in [4.78, 5) is 11.6. The lowest BCUT2D eigenvalue weighted by Gasteiger charge is -2.64. The molecule has 0 heterocycles. The summed E-state index contributed by atoms with van der Waals surface area (Å²) in [6.45, 7) is 9.46. The van der Waals surface area contributed by atoms with Gasteiger partial charge in [0.2, 0.25) is 5.91 Å². The van der Waals surface area contributed by atoms with Crippen LogP contribution in [-0.4, -0.2) is 33.5 Å². The van der Waals surface area contributed by atoms with Crippen molar-refractivity contribution >= 4 is 5.91 Å². The van der Waals surface area contributed by atoms with Crippen molar-refractivity contribution < 1.29 is 20.2 Å². The molecule has 0 aliphatic heterocycles. The Hall–Kier alpha value is -0.650. The molecule has 1 amide bonds. The number of hydrogen-bond donors (Lipinski definition) is 4. The van der Waals surface area contributed by atoms with Crippen LogP contribution in [0.2, 0.25) is 0 Å². The summed E-state index contributed by atoms with van der Waals surface area (Å²) >= 11 is 0. The second-order valence-corrected chi connectivity index (χ2v) is 12.2. The molecule has 4 aliphatic rings. The van der Waals surface area contributed by atoms with Gasteiger partial charge in [0.1, 0.15) is 0 Å². The number of carbonyl (C=O) groups excluding carboxylic acids is 1. The number of nitrogens with one attached hydrogen (secondary N) is 1. The minimum atomic E-state index is -0.290. The quantitative estimate of drug-likeness (QED) is 0.377. The summed E-state index contributed by atoms with van der Waals surface area (Å²) in [6, 6.07) is 0. The van der Waals surface area contributed by atoms with Crippen molar-refractivity contribution in [1.29, 1.82) is 0 Å². The Kier molecular flexibility index (Phi) is 6.53. The first kappa shape index (κ1) is 23.5. The highest BCUT2D eigenvalue weighted by Gasteiger charge is 2.64. The third-order valence-electron chi connectivity index (χ3n) is 11.1. The third kappa shape index (κ3) is 3.67. The first-order chi connectivity index (χ1) is 14.7. The summed E-state index contributed by atoms with van der Waals surface area (Å²) in [5.74, 6) is 2.97. The lowest BCUT2D eigenvalue weighted by atomic mass is 9.41. The predicted octanol–water partition coefficient (Wildman–Crippen LogP) is 4.53. The number of hydroxylamine groups is 1. The summed E-state index contributed by atoms with van der Waals surface area (Å²) in [7, 11) is 0. The van der Waals surface area contributed by atoms with Crippen LogP contribution in [0.3, 0.4) is 0 Å². The summed E-state index contributed by atoms with van der Waals surface area (Å²) in [5, 5.41) is 31.0. The summed E-state index contributed by atoms with van der Waals surface area (Å²) in [5.41, 5.74) is 2.25. The van der Waals surface area contributed by atoms with Crippen molar-refractivity contribution in [2.24, 2.45) is 52.3 Å². The molecule has 5 heteroatoms. The number of rotatable bonds is 5. The molecule has 11 atom stereocenters. The molecule has 5 nitrogen and oxygen atoms in total. The number of aliphatic hydroxyl groups is 2. The zero-order valence-electron chi connectivity index (χ0n) is 20.0. The van der Waals surface area contributed by atoms with Crippen LogP contribution in [0.15, 0.2) is 0 Å². The highest BCUT2D eigenvalue weighted by atomic mass is 16.5. The van der Waals surface area contributed by atoms with Crippen LogP contribution in [0.4, 0.5) is 0 Å². The molecule has 178 valence electrons. The standard InChI is InChI=1S/C26H45NO4/c1-5-17-21-14-16(28)10-12-26(21,4)20-11-13-25(3)18(15(2)6-9-22(29)27-31)7-8-19(25)23(20)24(17)30/h15-21,23-24,28,30-31H,5-14H2,1-4H3,(H,27,29)/t15-,16-,17-,18?,19?,20?,21+,23?,24-,25-,26-/m1/s1. The zero-order chi connectivity index (χ0) is 22.6. The van der Waals surface area contributed by atoms with Crippen LogP contribution in [0.25, 0.3) is 0 Å². The van der Waals surface area contributed by atoms with Crippen LogP contribution in [0.5, 0.6) is 0 Å². The van der Waals surface area contributed by atoms with Crippen LogP contribution in [-0.2, 0) is 4.79 Å². The molecule has 0 saturated heterocycles.